The highest BCUT2D eigenvalue weighted by atomic mass is 16.4. The molecule has 1 aromatic heterocycles. The second-order valence-corrected chi connectivity index (χ2v) is 2.63. The van der Waals surface area contributed by atoms with E-state index in [1.807, 2.05) is 0 Å². The van der Waals surface area contributed by atoms with Crippen molar-refractivity contribution >= 4 is 7.69 Å². The third-order valence-electron chi connectivity index (χ3n) is 1.59. The Balaban J connectivity index is 0.000000121. The van der Waals surface area contributed by atoms with Crippen molar-refractivity contribution in [2.75, 3.05) is 0 Å². The van der Waals surface area contributed by atoms with Crippen molar-refractivity contribution in [3.8, 4) is 11.1 Å². The lowest BCUT2D eigenvalue weighted by Gasteiger charge is -1.70. The zero-order valence-electron chi connectivity index (χ0n) is 8.11. The molecule has 0 unspecified atom stereocenters. The van der Waals surface area contributed by atoms with Gasteiger partial charge in [0.2, 0.25) is 0 Å². The maximum Gasteiger partial charge on any atom is 0.432 e. The molecule has 0 aromatic carbocycles. The van der Waals surface area contributed by atoms with Crippen LogP contribution in [0.25, 0.3) is 11.1 Å². The first-order valence-electron chi connectivity index (χ1n) is 4.40. The quantitative estimate of drug-likeness (QED) is 0.517. The number of aromatic nitrogens is 2. The van der Waals surface area contributed by atoms with Gasteiger partial charge >= 0.3 is 7.69 Å². The molecule has 0 atom stereocenters. The lowest BCUT2D eigenvalue weighted by molar-refractivity contribution is 0.448. The molecule has 0 saturated carbocycles. The average molecular weight is 202 g/mol. The van der Waals surface area contributed by atoms with E-state index in [-0.39, 0.29) is 0 Å². The van der Waals surface area contributed by atoms with Gasteiger partial charge in [-0.05, 0) is 23.3 Å². The van der Waals surface area contributed by atoms with Crippen molar-refractivity contribution in [3.05, 3.63) is 49.1 Å². The van der Waals surface area contributed by atoms with E-state index in [0.717, 1.165) is 0 Å². The van der Waals surface area contributed by atoms with Crippen molar-refractivity contribution in [3.63, 3.8) is 0 Å². The highest BCUT2D eigenvalue weighted by Gasteiger charge is 2.06. The van der Waals surface area contributed by atoms with Crippen LogP contribution in [0, 0.1) is 0 Å². The first-order valence-corrected chi connectivity index (χ1v) is 4.40. The Bertz CT molecular complexity index is 340. The molecule has 2 N–H and O–H groups in total. The highest BCUT2D eigenvalue weighted by molar-refractivity contribution is 6.13. The molecule has 15 heavy (non-hydrogen) atoms. The highest BCUT2D eigenvalue weighted by Crippen LogP contribution is 2.32. The maximum atomic E-state index is 7.12. The Hall–Kier alpha value is -1.72. The minimum absolute atomic E-state index is 0.750. The summed E-state index contributed by atoms with van der Waals surface area (Å²) in [5, 5.41) is 14.2. The molecule has 0 aliphatic heterocycles. The Labute approximate surface area is 88.6 Å². The van der Waals surface area contributed by atoms with Gasteiger partial charge in [0, 0.05) is 12.4 Å². The first-order chi connectivity index (χ1) is 7.38. The summed E-state index contributed by atoms with van der Waals surface area (Å²) in [6.45, 7) is 0. The number of fused-ring (bicyclic) bond motifs is 1. The minimum Gasteiger partial charge on any atom is -0.430 e. The Kier molecular flexibility index (Phi) is 5.07. The van der Waals surface area contributed by atoms with Gasteiger partial charge in [0.25, 0.3) is 0 Å². The maximum absolute atomic E-state index is 7.12. The minimum atomic E-state index is -0.750. The van der Waals surface area contributed by atoms with Crippen LogP contribution in [0.15, 0.2) is 49.1 Å². The monoisotopic (exact) mass is 202 g/mol. The van der Waals surface area contributed by atoms with Crippen LogP contribution >= 0.6 is 0 Å². The molecule has 4 nitrogen and oxygen atoms in total. The average Bonchev–Trinajstić information content (AvgIpc) is 2.90. The van der Waals surface area contributed by atoms with Crippen LogP contribution in [0.4, 0.5) is 0 Å². The molecule has 0 radical (unpaired) electrons. The molecular formula is C10H11BN2O2. The fraction of sp³-hybridized carbons (Fsp3) is 0. The van der Waals surface area contributed by atoms with Crippen molar-refractivity contribution < 1.29 is 10.0 Å². The van der Waals surface area contributed by atoms with E-state index >= 15 is 0 Å². The Morgan fingerprint density at radius 1 is 0.933 bits per heavy atom. The largest absolute Gasteiger partial charge is 0.432 e. The summed E-state index contributed by atoms with van der Waals surface area (Å²) >= 11 is 0. The summed E-state index contributed by atoms with van der Waals surface area (Å²) < 4.78 is 0. The van der Waals surface area contributed by atoms with Gasteiger partial charge in [-0.15, -0.1) is 0 Å². The molecule has 1 aromatic rings. The third-order valence-corrected chi connectivity index (χ3v) is 1.59. The number of rotatable bonds is 0. The number of hydrogen-bond acceptors (Lipinski definition) is 4. The lowest BCUT2D eigenvalue weighted by atomic mass is 10.5. The molecule has 1 heterocycles. The van der Waals surface area contributed by atoms with Crippen molar-refractivity contribution in [2.24, 2.45) is 0 Å². The third kappa shape index (κ3) is 4.90. The molecule has 0 bridgehead atoms. The van der Waals surface area contributed by atoms with E-state index in [4.69, 9.17) is 10.0 Å². The molecule has 5 heteroatoms. The second-order valence-electron chi connectivity index (χ2n) is 2.63. The fourth-order valence-corrected chi connectivity index (χ4v) is 0.929. The smallest absolute Gasteiger partial charge is 0.430 e. The van der Waals surface area contributed by atoms with Crippen LogP contribution in [0.5, 0.6) is 0 Å². The van der Waals surface area contributed by atoms with Gasteiger partial charge in [0.1, 0.15) is 6.33 Å². The van der Waals surface area contributed by atoms with Gasteiger partial charge in [0.05, 0.1) is 0 Å². The van der Waals surface area contributed by atoms with Gasteiger partial charge in [0.15, 0.2) is 0 Å². The zero-order chi connectivity index (χ0) is 10.9. The van der Waals surface area contributed by atoms with Gasteiger partial charge in [-0.1, -0.05) is 18.2 Å². The number of benzene rings is 1. The predicted molar refractivity (Wildman–Crippen MR) is 59.1 cm³/mol. The molecule has 3 rings (SSSR count). The molecule has 0 saturated heterocycles. The summed E-state index contributed by atoms with van der Waals surface area (Å²) in [4.78, 5) is 7.35. The van der Waals surface area contributed by atoms with E-state index in [2.05, 4.69) is 34.2 Å². The molecule has 0 spiro atoms. The van der Waals surface area contributed by atoms with E-state index in [1.54, 1.807) is 18.5 Å². The van der Waals surface area contributed by atoms with Gasteiger partial charge < -0.3 is 10.0 Å². The Morgan fingerprint density at radius 2 is 1.47 bits per heavy atom. The standard InChI is InChI=1S/C6H4.C4H4N2.BH3O2/c1-2-5-4-6(5)3-1;1-2-5-4-6-3-1;2-1-3/h2*1-4H;1-3H. The van der Waals surface area contributed by atoms with Crippen LogP contribution in [0.2, 0.25) is 0 Å². The molecule has 0 fully saturated rings. The predicted octanol–water partition coefficient (Wildman–Crippen LogP) is 0.381. The van der Waals surface area contributed by atoms with E-state index < -0.39 is 7.69 Å². The SMILES string of the molecule is OBO.c1cc2cc-2c1.c1cncnc1. The van der Waals surface area contributed by atoms with Crippen LogP contribution in [0.1, 0.15) is 0 Å². The lowest BCUT2D eigenvalue weighted by Crippen LogP contribution is -1.75. The van der Waals surface area contributed by atoms with E-state index in [1.165, 1.54) is 17.5 Å². The first kappa shape index (κ1) is 11.4. The second kappa shape index (κ2) is 6.70. The summed E-state index contributed by atoms with van der Waals surface area (Å²) in [5.74, 6) is 0. The molecule has 2 aliphatic carbocycles. The molecule has 2 aliphatic rings. The topological polar surface area (TPSA) is 66.2 Å². The molecule has 76 valence electrons. The van der Waals surface area contributed by atoms with E-state index in [9.17, 15) is 0 Å². The van der Waals surface area contributed by atoms with Crippen molar-refractivity contribution in [1.82, 2.24) is 9.97 Å². The molecule has 0 amide bonds. The van der Waals surface area contributed by atoms with Crippen LogP contribution in [-0.4, -0.2) is 27.7 Å². The summed E-state index contributed by atoms with van der Waals surface area (Å²) in [6.07, 6.45) is 4.88. The van der Waals surface area contributed by atoms with E-state index in [0.29, 0.717) is 0 Å². The van der Waals surface area contributed by atoms with Gasteiger partial charge in [-0.25, -0.2) is 9.97 Å². The van der Waals surface area contributed by atoms with Crippen molar-refractivity contribution in [1.29, 1.82) is 0 Å². The summed E-state index contributed by atoms with van der Waals surface area (Å²) in [6, 6.07) is 10.3. The van der Waals surface area contributed by atoms with Crippen LogP contribution in [0.3, 0.4) is 0 Å². The summed E-state index contributed by atoms with van der Waals surface area (Å²) in [7, 11) is -0.750. The summed E-state index contributed by atoms with van der Waals surface area (Å²) in [5.41, 5.74) is 2.85. The fourth-order valence-electron chi connectivity index (χ4n) is 0.929. The molecular weight excluding hydrogens is 191 g/mol. The zero-order valence-corrected chi connectivity index (χ0v) is 8.11. The van der Waals surface area contributed by atoms with Crippen molar-refractivity contribution in [2.45, 2.75) is 0 Å². The Morgan fingerprint density at radius 3 is 1.60 bits per heavy atom. The van der Waals surface area contributed by atoms with Gasteiger partial charge in [-0.2, -0.15) is 0 Å². The number of hydrogen-bond donors (Lipinski definition) is 2. The number of nitrogens with zero attached hydrogens (tertiary/aromatic N) is 2. The normalized spacial score (nSPS) is 8.67. The van der Waals surface area contributed by atoms with Crippen LogP contribution in [-0.2, 0) is 0 Å². The van der Waals surface area contributed by atoms with Crippen LogP contribution < -0.4 is 0 Å². The van der Waals surface area contributed by atoms with Gasteiger partial charge in [-0.3, -0.25) is 0 Å².